The summed E-state index contributed by atoms with van der Waals surface area (Å²) < 4.78 is 29.6. The number of aryl methyl sites for hydroxylation is 1. The molecule has 1 aromatic heterocycles. The molecule has 1 saturated heterocycles. The van der Waals surface area contributed by atoms with E-state index in [9.17, 15) is 8.42 Å². The number of nitrogens with zero attached hydrogens (tertiary/aromatic N) is 3. The zero-order chi connectivity index (χ0) is 18.2. The lowest BCUT2D eigenvalue weighted by atomic mass is 10.0. The zero-order valence-corrected chi connectivity index (χ0v) is 16.4. The quantitative estimate of drug-likeness (QED) is 0.812. The maximum absolute atomic E-state index is 13.1. The van der Waals surface area contributed by atoms with Crippen LogP contribution in [0, 0.1) is 19.8 Å². The monoisotopic (exact) mass is 381 g/mol. The van der Waals surface area contributed by atoms with Crippen LogP contribution in [0.2, 0.25) is 5.02 Å². The van der Waals surface area contributed by atoms with Crippen molar-refractivity contribution < 1.29 is 8.42 Å². The van der Waals surface area contributed by atoms with Gasteiger partial charge >= 0.3 is 0 Å². The third-order valence-corrected chi connectivity index (χ3v) is 7.45. The van der Waals surface area contributed by atoms with Crippen LogP contribution in [0.25, 0.3) is 0 Å². The van der Waals surface area contributed by atoms with E-state index in [1.54, 1.807) is 15.9 Å². The lowest BCUT2D eigenvalue weighted by molar-refractivity contribution is 0.288. The molecule has 1 fully saturated rings. The highest BCUT2D eigenvalue weighted by Gasteiger charge is 2.32. The molecule has 0 bridgehead atoms. The van der Waals surface area contributed by atoms with Gasteiger partial charge in [-0.1, -0.05) is 36.7 Å². The summed E-state index contributed by atoms with van der Waals surface area (Å²) in [5.41, 5.74) is 2.13. The van der Waals surface area contributed by atoms with Crippen molar-refractivity contribution in [3.05, 3.63) is 46.2 Å². The molecule has 1 aromatic carbocycles. The SMILES string of the molecule is Cc1nn(Cc2ccccc2Cl)c(C)c1S(=O)(=O)N1CCC(C)CC1. The molecule has 0 N–H and O–H groups in total. The molecule has 0 radical (unpaired) electrons. The first-order valence-corrected chi connectivity index (χ1v) is 10.4. The Morgan fingerprint density at radius 2 is 1.84 bits per heavy atom. The number of rotatable bonds is 4. The summed E-state index contributed by atoms with van der Waals surface area (Å²) in [7, 11) is -3.51. The molecule has 0 atom stereocenters. The summed E-state index contributed by atoms with van der Waals surface area (Å²) in [5, 5.41) is 5.13. The van der Waals surface area contributed by atoms with E-state index in [1.165, 1.54) is 0 Å². The van der Waals surface area contributed by atoms with E-state index in [0.29, 0.717) is 46.9 Å². The van der Waals surface area contributed by atoms with Crippen LogP contribution < -0.4 is 0 Å². The third kappa shape index (κ3) is 3.61. The van der Waals surface area contributed by atoms with E-state index in [2.05, 4.69) is 12.0 Å². The van der Waals surface area contributed by atoms with Gasteiger partial charge in [-0.3, -0.25) is 4.68 Å². The van der Waals surface area contributed by atoms with Crippen molar-refractivity contribution >= 4 is 21.6 Å². The minimum absolute atomic E-state index is 0.342. The van der Waals surface area contributed by atoms with Crippen molar-refractivity contribution in [3.8, 4) is 0 Å². The van der Waals surface area contributed by atoms with Crippen LogP contribution in [0.1, 0.15) is 36.7 Å². The Labute approximate surface area is 154 Å². The smallest absolute Gasteiger partial charge is 0.246 e. The van der Waals surface area contributed by atoms with E-state index in [0.717, 1.165) is 18.4 Å². The van der Waals surface area contributed by atoms with Gasteiger partial charge < -0.3 is 0 Å². The molecule has 1 aliphatic rings. The standard InChI is InChI=1S/C18H24ClN3O2S/c1-13-8-10-21(11-9-13)25(23,24)18-14(2)20-22(15(18)3)12-16-6-4-5-7-17(16)19/h4-7,13H,8-12H2,1-3H3. The van der Waals surface area contributed by atoms with Gasteiger partial charge in [0.2, 0.25) is 10.0 Å². The first-order valence-electron chi connectivity index (χ1n) is 8.58. The second-order valence-corrected chi connectivity index (χ2v) is 9.12. The number of piperidine rings is 1. The largest absolute Gasteiger partial charge is 0.264 e. The Hall–Kier alpha value is -1.37. The molecule has 3 rings (SSSR count). The number of hydrogen-bond donors (Lipinski definition) is 0. The first kappa shape index (κ1) is 18.4. The molecule has 0 amide bonds. The topological polar surface area (TPSA) is 55.2 Å². The van der Waals surface area contributed by atoms with Gasteiger partial charge in [-0.15, -0.1) is 0 Å². The van der Waals surface area contributed by atoms with Gasteiger partial charge in [0, 0.05) is 18.1 Å². The molecule has 2 heterocycles. The predicted molar refractivity (Wildman–Crippen MR) is 99.4 cm³/mol. The second kappa shape index (κ2) is 7.09. The van der Waals surface area contributed by atoms with Crippen LogP contribution in [-0.4, -0.2) is 35.6 Å². The zero-order valence-electron chi connectivity index (χ0n) is 14.9. The van der Waals surface area contributed by atoms with Crippen LogP contribution in [-0.2, 0) is 16.6 Å². The van der Waals surface area contributed by atoms with Crippen molar-refractivity contribution in [1.82, 2.24) is 14.1 Å². The number of aromatic nitrogens is 2. The highest BCUT2D eigenvalue weighted by molar-refractivity contribution is 7.89. The van der Waals surface area contributed by atoms with Crippen molar-refractivity contribution in [2.75, 3.05) is 13.1 Å². The van der Waals surface area contributed by atoms with Gasteiger partial charge in [0.05, 0.1) is 17.9 Å². The first-order chi connectivity index (χ1) is 11.8. The molecule has 0 aliphatic carbocycles. The Kier molecular flexibility index (Phi) is 5.23. The number of sulfonamides is 1. The molecule has 25 heavy (non-hydrogen) atoms. The highest BCUT2D eigenvalue weighted by Crippen LogP contribution is 2.28. The van der Waals surface area contributed by atoms with Crippen LogP contribution in [0.15, 0.2) is 29.2 Å². The molecular formula is C18H24ClN3O2S. The van der Waals surface area contributed by atoms with Gasteiger partial charge in [-0.25, -0.2) is 8.42 Å². The van der Waals surface area contributed by atoms with E-state index < -0.39 is 10.0 Å². The lowest BCUT2D eigenvalue weighted by Gasteiger charge is -2.29. The maximum atomic E-state index is 13.1. The normalized spacial score (nSPS) is 17.1. The molecule has 0 spiro atoms. The van der Waals surface area contributed by atoms with E-state index in [4.69, 9.17) is 11.6 Å². The van der Waals surface area contributed by atoms with Gasteiger partial charge in [-0.05, 0) is 44.2 Å². The van der Waals surface area contributed by atoms with Gasteiger partial charge in [0.25, 0.3) is 0 Å². The third-order valence-electron chi connectivity index (χ3n) is 4.93. The molecule has 1 aliphatic heterocycles. The van der Waals surface area contributed by atoms with Crippen molar-refractivity contribution in [2.24, 2.45) is 5.92 Å². The predicted octanol–water partition coefficient (Wildman–Crippen LogP) is 3.62. The molecule has 5 nitrogen and oxygen atoms in total. The van der Waals surface area contributed by atoms with Crippen LogP contribution in [0.3, 0.4) is 0 Å². The molecule has 2 aromatic rings. The second-order valence-electron chi connectivity index (χ2n) is 6.84. The molecule has 0 unspecified atom stereocenters. The fourth-order valence-electron chi connectivity index (χ4n) is 3.35. The Morgan fingerprint density at radius 3 is 2.48 bits per heavy atom. The summed E-state index contributed by atoms with van der Waals surface area (Å²) >= 11 is 6.23. The fraction of sp³-hybridized carbons (Fsp3) is 0.500. The highest BCUT2D eigenvalue weighted by atomic mass is 35.5. The lowest BCUT2D eigenvalue weighted by Crippen LogP contribution is -2.38. The molecule has 136 valence electrons. The van der Waals surface area contributed by atoms with Crippen LogP contribution in [0.5, 0.6) is 0 Å². The summed E-state index contributed by atoms with van der Waals surface area (Å²) in [6.07, 6.45) is 1.82. The average Bonchev–Trinajstić information content (AvgIpc) is 2.84. The molecule has 0 saturated carbocycles. The Balaban J connectivity index is 1.93. The van der Waals surface area contributed by atoms with E-state index in [1.807, 2.05) is 31.2 Å². The summed E-state index contributed by atoms with van der Waals surface area (Å²) in [5.74, 6) is 0.580. The Morgan fingerprint density at radius 1 is 1.20 bits per heavy atom. The van der Waals surface area contributed by atoms with Gasteiger partial charge in [-0.2, -0.15) is 9.40 Å². The van der Waals surface area contributed by atoms with Crippen LogP contribution in [0.4, 0.5) is 0 Å². The van der Waals surface area contributed by atoms with Gasteiger partial charge in [0.15, 0.2) is 0 Å². The Bertz CT molecular complexity index is 868. The average molecular weight is 382 g/mol. The summed E-state index contributed by atoms with van der Waals surface area (Å²) in [6.45, 7) is 7.36. The van der Waals surface area contributed by atoms with E-state index >= 15 is 0 Å². The van der Waals surface area contributed by atoms with Gasteiger partial charge in [0.1, 0.15) is 4.90 Å². The number of benzene rings is 1. The van der Waals surface area contributed by atoms with Crippen molar-refractivity contribution in [1.29, 1.82) is 0 Å². The number of hydrogen-bond acceptors (Lipinski definition) is 3. The van der Waals surface area contributed by atoms with Crippen molar-refractivity contribution in [2.45, 2.75) is 45.1 Å². The maximum Gasteiger partial charge on any atom is 0.246 e. The fourth-order valence-corrected chi connectivity index (χ4v) is 5.39. The van der Waals surface area contributed by atoms with E-state index in [-0.39, 0.29) is 0 Å². The minimum atomic E-state index is -3.51. The van der Waals surface area contributed by atoms with Crippen LogP contribution >= 0.6 is 11.6 Å². The summed E-state index contributed by atoms with van der Waals surface area (Å²) in [6, 6.07) is 7.55. The molecule has 7 heteroatoms. The molecular weight excluding hydrogens is 358 g/mol. The number of halogens is 1. The summed E-state index contributed by atoms with van der Waals surface area (Å²) in [4.78, 5) is 0.342. The van der Waals surface area contributed by atoms with Crippen molar-refractivity contribution in [3.63, 3.8) is 0 Å². The minimum Gasteiger partial charge on any atom is -0.264 e.